The highest BCUT2D eigenvalue weighted by atomic mass is 19.1. The SMILES string of the molecule is COc1ccc(F)c(-c2ccc3c(c2F)CCC3)c1. The van der Waals surface area contributed by atoms with Crippen molar-refractivity contribution in [2.45, 2.75) is 19.3 Å². The molecule has 0 unspecified atom stereocenters. The Balaban J connectivity index is 2.17. The standard InChI is InChI=1S/C16H14F2O/c1-19-11-6-8-15(17)14(9-11)13-7-5-10-3-2-4-12(10)16(13)18/h5-9H,2-4H2,1H3. The molecule has 3 heteroatoms. The molecule has 0 aliphatic heterocycles. The van der Waals surface area contributed by atoms with Crippen LogP contribution in [0.5, 0.6) is 5.75 Å². The van der Waals surface area contributed by atoms with Crippen LogP contribution in [0.25, 0.3) is 11.1 Å². The van der Waals surface area contributed by atoms with Crippen molar-refractivity contribution in [3.8, 4) is 16.9 Å². The van der Waals surface area contributed by atoms with Crippen molar-refractivity contribution in [1.29, 1.82) is 0 Å². The molecule has 0 heterocycles. The first kappa shape index (κ1) is 12.2. The summed E-state index contributed by atoms with van der Waals surface area (Å²) in [6.07, 6.45) is 2.62. The maximum absolute atomic E-state index is 14.5. The van der Waals surface area contributed by atoms with Gasteiger partial charge in [0, 0.05) is 11.1 Å². The van der Waals surface area contributed by atoms with E-state index in [0.717, 1.165) is 30.4 Å². The molecule has 0 amide bonds. The summed E-state index contributed by atoms with van der Waals surface area (Å²) < 4.78 is 33.4. The van der Waals surface area contributed by atoms with Crippen LogP contribution in [0.3, 0.4) is 0 Å². The Bertz CT molecular complexity index is 635. The Hall–Kier alpha value is -1.90. The van der Waals surface area contributed by atoms with Crippen molar-refractivity contribution in [3.05, 3.63) is 53.1 Å². The summed E-state index contributed by atoms with van der Waals surface area (Å²) in [7, 11) is 1.51. The highest BCUT2D eigenvalue weighted by molar-refractivity contribution is 5.68. The van der Waals surface area contributed by atoms with Crippen LogP contribution in [-0.2, 0) is 12.8 Å². The van der Waals surface area contributed by atoms with E-state index in [1.54, 1.807) is 6.07 Å². The number of rotatable bonds is 2. The summed E-state index contributed by atoms with van der Waals surface area (Å²) in [5, 5.41) is 0. The van der Waals surface area contributed by atoms with Gasteiger partial charge >= 0.3 is 0 Å². The zero-order chi connectivity index (χ0) is 13.4. The minimum Gasteiger partial charge on any atom is -0.497 e. The lowest BCUT2D eigenvalue weighted by Crippen LogP contribution is -1.95. The van der Waals surface area contributed by atoms with Crippen LogP contribution in [0.1, 0.15) is 17.5 Å². The molecule has 19 heavy (non-hydrogen) atoms. The van der Waals surface area contributed by atoms with E-state index in [4.69, 9.17) is 4.74 Å². The molecule has 0 bridgehead atoms. The molecule has 2 aromatic carbocycles. The minimum absolute atomic E-state index is 0.256. The van der Waals surface area contributed by atoms with Crippen LogP contribution >= 0.6 is 0 Å². The summed E-state index contributed by atoms with van der Waals surface area (Å²) in [5.74, 6) is -0.198. The Morgan fingerprint density at radius 1 is 1.00 bits per heavy atom. The number of aryl methyl sites for hydroxylation is 1. The van der Waals surface area contributed by atoms with E-state index in [0.29, 0.717) is 11.3 Å². The first-order valence-electron chi connectivity index (χ1n) is 6.35. The van der Waals surface area contributed by atoms with Gasteiger partial charge in [0.1, 0.15) is 17.4 Å². The molecule has 0 spiro atoms. The van der Waals surface area contributed by atoms with Crippen LogP contribution in [0.2, 0.25) is 0 Å². The fourth-order valence-electron chi connectivity index (χ4n) is 2.67. The van der Waals surface area contributed by atoms with E-state index in [9.17, 15) is 8.78 Å². The van der Waals surface area contributed by atoms with E-state index in [2.05, 4.69) is 0 Å². The van der Waals surface area contributed by atoms with E-state index in [1.165, 1.54) is 25.3 Å². The molecule has 0 saturated heterocycles. The summed E-state index contributed by atoms with van der Waals surface area (Å²) in [5.41, 5.74) is 2.35. The van der Waals surface area contributed by atoms with Crippen molar-refractivity contribution >= 4 is 0 Å². The molecule has 0 radical (unpaired) electrons. The van der Waals surface area contributed by atoms with Gasteiger partial charge in [-0.2, -0.15) is 0 Å². The molecule has 2 aromatic rings. The van der Waals surface area contributed by atoms with Crippen molar-refractivity contribution < 1.29 is 13.5 Å². The molecule has 0 N–H and O–H groups in total. The van der Waals surface area contributed by atoms with Crippen LogP contribution in [0.15, 0.2) is 30.3 Å². The molecular weight excluding hydrogens is 246 g/mol. The van der Waals surface area contributed by atoms with Crippen molar-refractivity contribution in [1.82, 2.24) is 0 Å². The predicted octanol–water partition coefficient (Wildman–Crippen LogP) is 4.13. The Labute approximate surface area is 110 Å². The number of ether oxygens (including phenoxy) is 1. The van der Waals surface area contributed by atoms with Gasteiger partial charge < -0.3 is 4.74 Å². The summed E-state index contributed by atoms with van der Waals surface area (Å²) >= 11 is 0. The van der Waals surface area contributed by atoms with E-state index in [-0.39, 0.29) is 11.4 Å². The van der Waals surface area contributed by atoms with Gasteiger partial charge in [-0.25, -0.2) is 8.78 Å². The van der Waals surface area contributed by atoms with Crippen LogP contribution in [0.4, 0.5) is 8.78 Å². The van der Waals surface area contributed by atoms with E-state index in [1.807, 2.05) is 6.07 Å². The highest BCUT2D eigenvalue weighted by Gasteiger charge is 2.20. The number of halogens is 2. The van der Waals surface area contributed by atoms with Gasteiger partial charge in [-0.3, -0.25) is 0 Å². The van der Waals surface area contributed by atoms with Crippen LogP contribution in [0, 0.1) is 11.6 Å². The van der Waals surface area contributed by atoms with Gasteiger partial charge in [0.25, 0.3) is 0 Å². The predicted molar refractivity (Wildman–Crippen MR) is 70.4 cm³/mol. The average Bonchev–Trinajstić information content (AvgIpc) is 2.90. The number of hydrogen-bond acceptors (Lipinski definition) is 1. The van der Waals surface area contributed by atoms with Crippen molar-refractivity contribution in [2.75, 3.05) is 7.11 Å². The molecular formula is C16H14F2O. The Morgan fingerprint density at radius 3 is 2.63 bits per heavy atom. The number of hydrogen-bond donors (Lipinski definition) is 0. The third-order valence-electron chi connectivity index (χ3n) is 3.68. The van der Waals surface area contributed by atoms with Gasteiger partial charge in [-0.15, -0.1) is 0 Å². The molecule has 0 aromatic heterocycles. The zero-order valence-corrected chi connectivity index (χ0v) is 10.7. The maximum atomic E-state index is 14.5. The highest BCUT2D eigenvalue weighted by Crippen LogP contribution is 2.34. The van der Waals surface area contributed by atoms with Crippen molar-refractivity contribution in [2.24, 2.45) is 0 Å². The second-order valence-electron chi connectivity index (χ2n) is 4.76. The lowest BCUT2D eigenvalue weighted by atomic mass is 9.99. The van der Waals surface area contributed by atoms with Gasteiger partial charge in [-0.1, -0.05) is 12.1 Å². The fraction of sp³-hybridized carbons (Fsp3) is 0.250. The molecule has 98 valence electrons. The first-order valence-corrected chi connectivity index (χ1v) is 6.35. The molecule has 0 saturated carbocycles. The Morgan fingerprint density at radius 2 is 1.84 bits per heavy atom. The van der Waals surface area contributed by atoms with Gasteiger partial charge in [0.2, 0.25) is 0 Å². The van der Waals surface area contributed by atoms with Gasteiger partial charge in [0.05, 0.1) is 7.11 Å². The first-order chi connectivity index (χ1) is 9.20. The zero-order valence-electron chi connectivity index (χ0n) is 10.7. The van der Waals surface area contributed by atoms with Crippen LogP contribution < -0.4 is 4.74 Å². The quantitative estimate of drug-likeness (QED) is 0.789. The van der Waals surface area contributed by atoms with Gasteiger partial charge in [0.15, 0.2) is 0 Å². The topological polar surface area (TPSA) is 9.23 Å². The molecule has 1 aliphatic rings. The largest absolute Gasteiger partial charge is 0.497 e. The average molecular weight is 260 g/mol. The van der Waals surface area contributed by atoms with Crippen LogP contribution in [-0.4, -0.2) is 7.11 Å². The Kier molecular flexibility index (Phi) is 2.97. The molecule has 1 aliphatic carbocycles. The van der Waals surface area contributed by atoms with Crippen molar-refractivity contribution in [3.63, 3.8) is 0 Å². The molecule has 0 fully saturated rings. The molecule has 0 atom stereocenters. The number of benzene rings is 2. The second kappa shape index (κ2) is 4.65. The summed E-state index contributed by atoms with van der Waals surface area (Å²) in [6.45, 7) is 0. The summed E-state index contributed by atoms with van der Waals surface area (Å²) in [4.78, 5) is 0. The second-order valence-corrected chi connectivity index (χ2v) is 4.76. The maximum Gasteiger partial charge on any atom is 0.134 e. The van der Waals surface area contributed by atoms with Gasteiger partial charge in [-0.05, 0) is 48.6 Å². The van der Waals surface area contributed by atoms with E-state index >= 15 is 0 Å². The minimum atomic E-state index is -0.433. The molecule has 1 nitrogen and oxygen atoms in total. The third-order valence-corrected chi connectivity index (χ3v) is 3.68. The smallest absolute Gasteiger partial charge is 0.134 e. The monoisotopic (exact) mass is 260 g/mol. The fourth-order valence-corrected chi connectivity index (χ4v) is 2.67. The van der Waals surface area contributed by atoms with E-state index < -0.39 is 5.82 Å². The normalized spacial score (nSPS) is 13.4. The lowest BCUT2D eigenvalue weighted by Gasteiger charge is -2.10. The summed E-state index contributed by atoms with van der Waals surface area (Å²) in [6, 6.07) is 7.94. The lowest BCUT2D eigenvalue weighted by molar-refractivity contribution is 0.414. The number of methoxy groups -OCH3 is 1. The third kappa shape index (κ3) is 1.99. The number of fused-ring (bicyclic) bond motifs is 1. The molecule has 3 rings (SSSR count).